The second-order valence-electron chi connectivity index (χ2n) is 6.85. The van der Waals surface area contributed by atoms with Gasteiger partial charge in [-0.05, 0) is 23.3 Å². The first-order valence-corrected chi connectivity index (χ1v) is 10.1. The van der Waals surface area contributed by atoms with Crippen LogP contribution in [-0.4, -0.2) is 22.5 Å². The van der Waals surface area contributed by atoms with Crippen molar-refractivity contribution in [2.24, 2.45) is 11.8 Å². The Balaban J connectivity index is 2.22. The minimum absolute atomic E-state index is 0.0726. The van der Waals surface area contributed by atoms with Crippen molar-refractivity contribution < 1.29 is 9.59 Å². The molecule has 0 radical (unpaired) electrons. The van der Waals surface area contributed by atoms with Crippen molar-refractivity contribution in [3.63, 3.8) is 0 Å². The summed E-state index contributed by atoms with van der Waals surface area (Å²) >= 11 is 18.8. The molecule has 4 atom stereocenters. The summed E-state index contributed by atoms with van der Waals surface area (Å²) in [4.78, 5) is 27.8. The van der Waals surface area contributed by atoms with E-state index in [-0.39, 0.29) is 17.6 Å². The number of hydrogen-bond donors (Lipinski definition) is 0. The summed E-state index contributed by atoms with van der Waals surface area (Å²) in [6.45, 7) is 3.67. The van der Waals surface area contributed by atoms with E-state index in [9.17, 15) is 9.59 Å². The van der Waals surface area contributed by atoms with Gasteiger partial charge in [0.2, 0.25) is 5.91 Å². The number of amides is 1. The predicted octanol–water partition coefficient (Wildman–Crippen LogP) is 5.70. The lowest BCUT2D eigenvalue weighted by Gasteiger charge is -2.48. The molecule has 6 heteroatoms. The van der Waals surface area contributed by atoms with Gasteiger partial charge >= 0.3 is 0 Å². The standard InChI is InChI=1S/C21H20Cl3NO2/c1-12-19(14-7-3-5-9-16(14)23)25(18(26)11-22)20(13(2)21(12)27)15-8-4-6-10-17(15)24/h3-10,12-13,19-20H,11H2,1-2H3. The maximum atomic E-state index is 13.1. The van der Waals surface area contributed by atoms with Crippen LogP contribution < -0.4 is 0 Å². The molecule has 0 aliphatic carbocycles. The lowest BCUT2D eigenvalue weighted by atomic mass is 9.74. The van der Waals surface area contributed by atoms with Gasteiger partial charge in [0, 0.05) is 21.9 Å². The molecule has 0 aromatic heterocycles. The average Bonchev–Trinajstić information content (AvgIpc) is 2.67. The molecule has 3 rings (SSSR count). The summed E-state index contributed by atoms with van der Waals surface area (Å²) in [7, 11) is 0. The Morgan fingerprint density at radius 3 is 1.67 bits per heavy atom. The molecule has 2 aromatic carbocycles. The lowest BCUT2D eigenvalue weighted by molar-refractivity contribution is -0.149. The van der Waals surface area contributed by atoms with Gasteiger partial charge in [0.25, 0.3) is 0 Å². The molecule has 27 heavy (non-hydrogen) atoms. The number of benzene rings is 2. The third kappa shape index (κ3) is 3.61. The zero-order chi connectivity index (χ0) is 19.7. The molecule has 0 N–H and O–H groups in total. The topological polar surface area (TPSA) is 37.4 Å². The van der Waals surface area contributed by atoms with Crippen LogP contribution in [0.5, 0.6) is 0 Å². The van der Waals surface area contributed by atoms with E-state index in [1.807, 2.05) is 50.2 Å². The number of halogens is 3. The Hall–Kier alpha value is -1.55. The van der Waals surface area contributed by atoms with Gasteiger partial charge in [0.1, 0.15) is 11.7 Å². The summed E-state index contributed by atoms with van der Waals surface area (Å²) in [5.74, 6) is -1.19. The Morgan fingerprint density at radius 2 is 1.30 bits per heavy atom. The minimum Gasteiger partial charge on any atom is -0.326 e. The SMILES string of the molecule is CC1C(=O)C(C)C(c2ccccc2Cl)N(C(=O)CCl)C1c1ccccc1Cl. The van der Waals surface area contributed by atoms with Gasteiger partial charge in [-0.2, -0.15) is 0 Å². The van der Waals surface area contributed by atoms with Crippen molar-refractivity contribution in [2.45, 2.75) is 25.9 Å². The van der Waals surface area contributed by atoms with Crippen molar-refractivity contribution in [1.82, 2.24) is 4.90 Å². The third-order valence-electron chi connectivity index (χ3n) is 5.29. The highest BCUT2D eigenvalue weighted by molar-refractivity contribution is 6.32. The molecule has 4 unspecified atom stereocenters. The normalized spacial score (nSPS) is 25.5. The van der Waals surface area contributed by atoms with Crippen molar-refractivity contribution in [2.75, 3.05) is 5.88 Å². The van der Waals surface area contributed by atoms with Crippen LogP contribution in [0.2, 0.25) is 10.0 Å². The van der Waals surface area contributed by atoms with Gasteiger partial charge in [-0.25, -0.2) is 0 Å². The summed E-state index contributed by atoms with van der Waals surface area (Å²) in [6.07, 6.45) is 0. The maximum absolute atomic E-state index is 13.1. The van der Waals surface area contributed by atoms with Gasteiger partial charge in [-0.1, -0.05) is 73.4 Å². The van der Waals surface area contributed by atoms with E-state index in [1.165, 1.54) is 0 Å². The molecule has 1 saturated heterocycles. The summed E-state index contributed by atoms with van der Waals surface area (Å²) in [5.41, 5.74) is 1.48. The van der Waals surface area contributed by atoms with Crippen LogP contribution in [0.1, 0.15) is 37.1 Å². The first-order valence-electron chi connectivity index (χ1n) is 8.78. The number of piperidine rings is 1. The molecule has 2 aromatic rings. The smallest absolute Gasteiger partial charge is 0.238 e. The molecule has 0 bridgehead atoms. The molecular formula is C21H20Cl3NO2. The monoisotopic (exact) mass is 423 g/mol. The van der Waals surface area contributed by atoms with Crippen molar-refractivity contribution in [3.8, 4) is 0 Å². The van der Waals surface area contributed by atoms with Crippen LogP contribution in [0.3, 0.4) is 0 Å². The average molecular weight is 425 g/mol. The first kappa shape index (κ1) is 20.2. The number of ketones is 1. The van der Waals surface area contributed by atoms with E-state index in [0.29, 0.717) is 10.0 Å². The Morgan fingerprint density at radius 1 is 0.889 bits per heavy atom. The molecule has 3 nitrogen and oxygen atoms in total. The number of rotatable bonds is 3. The van der Waals surface area contributed by atoms with Crippen LogP contribution in [0.4, 0.5) is 0 Å². The highest BCUT2D eigenvalue weighted by Gasteiger charge is 2.48. The van der Waals surface area contributed by atoms with E-state index < -0.39 is 23.9 Å². The quantitative estimate of drug-likeness (QED) is 0.593. The van der Waals surface area contributed by atoms with Gasteiger partial charge in [0.15, 0.2) is 0 Å². The molecule has 1 amide bonds. The molecule has 1 aliphatic rings. The van der Waals surface area contributed by atoms with Crippen LogP contribution in [-0.2, 0) is 9.59 Å². The Bertz CT molecular complexity index is 809. The number of likely N-dealkylation sites (tertiary alicyclic amines) is 1. The van der Waals surface area contributed by atoms with Crippen molar-refractivity contribution in [1.29, 1.82) is 0 Å². The number of carbonyl (C=O) groups is 2. The summed E-state index contributed by atoms with van der Waals surface area (Å²) < 4.78 is 0. The maximum Gasteiger partial charge on any atom is 0.238 e. The fourth-order valence-electron chi connectivity index (χ4n) is 4.03. The number of nitrogens with zero attached hydrogens (tertiary/aromatic N) is 1. The van der Waals surface area contributed by atoms with Gasteiger partial charge in [0.05, 0.1) is 12.1 Å². The fraction of sp³-hybridized carbons (Fsp3) is 0.333. The van der Waals surface area contributed by atoms with Crippen molar-refractivity contribution >= 4 is 46.5 Å². The molecular weight excluding hydrogens is 405 g/mol. The number of carbonyl (C=O) groups excluding carboxylic acids is 2. The highest BCUT2D eigenvalue weighted by Crippen LogP contribution is 2.48. The van der Waals surface area contributed by atoms with E-state index in [0.717, 1.165) is 11.1 Å². The largest absolute Gasteiger partial charge is 0.326 e. The molecule has 0 saturated carbocycles. The third-order valence-corrected chi connectivity index (χ3v) is 6.21. The van der Waals surface area contributed by atoms with E-state index in [1.54, 1.807) is 17.0 Å². The van der Waals surface area contributed by atoms with E-state index in [2.05, 4.69) is 0 Å². The zero-order valence-electron chi connectivity index (χ0n) is 15.0. The lowest BCUT2D eigenvalue weighted by Crippen LogP contribution is -2.52. The second-order valence-corrected chi connectivity index (χ2v) is 7.93. The van der Waals surface area contributed by atoms with Gasteiger partial charge < -0.3 is 4.90 Å². The second kappa shape index (κ2) is 8.22. The van der Waals surface area contributed by atoms with Crippen molar-refractivity contribution in [3.05, 3.63) is 69.7 Å². The number of alkyl halides is 1. The summed E-state index contributed by atoms with van der Waals surface area (Å²) in [5, 5.41) is 1.03. The number of hydrogen-bond acceptors (Lipinski definition) is 2. The predicted molar refractivity (Wildman–Crippen MR) is 109 cm³/mol. The minimum atomic E-state index is -0.505. The Kier molecular flexibility index (Phi) is 6.15. The van der Waals surface area contributed by atoms with Crippen LogP contribution in [0.25, 0.3) is 0 Å². The van der Waals surface area contributed by atoms with Crippen LogP contribution >= 0.6 is 34.8 Å². The molecule has 1 fully saturated rings. The molecule has 142 valence electrons. The van der Waals surface area contributed by atoms with E-state index >= 15 is 0 Å². The van der Waals surface area contributed by atoms with E-state index in [4.69, 9.17) is 34.8 Å². The van der Waals surface area contributed by atoms with Crippen LogP contribution in [0.15, 0.2) is 48.5 Å². The van der Waals surface area contributed by atoms with Gasteiger partial charge in [-0.3, -0.25) is 9.59 Å². The summed E-state index contributed by atoms with van der Waals surface area (Å²) in [6, 6.07) is 13.6. The fourth-order valence-corrected chi connectivity index (χ4v) is 4.66. The first-order chi connectivity index (χ1) is 12.9. The highest BCUT2D eigenvalue weighted by atomic mass is 35.5. The number of Topliss-reactive ketones (excluding diaryl/α,β-unsaturated/α-hetero) is 1. The molecule has 1 heterocycles. The zero-order valence-corrected chi connectivity index (χ0v) is 17.3. The molecule has 1 aliphatic heterocycles. The Labute approximate surface area is 174 Å². The van der Waals surface area contributed by atoms with Crippen LogP contribution in [0, 0.1) is 11.8 Å². The molecule has 0 spiro atoms. The van der Waals surface area contributed by atoms with Gasteiger partial charge in [-0.15, -0.1) is 11.6 Å².